The second-order valence-corrected chi connectivity index (χ2v) is 5.90. The van der Waals surface area contributed by atoms with Gasteiger partial charge in [0.2, 0.25) is 0 Å². The van der Waals surface area contributed by atoms with E-state index in [0.717, 1.165) is 5.56 Å². The average Bonchev–Trinajstić information content (AvgIpc) is 3.42. The number of hydrogen-bond donors (Lipinski definition) is 1. The lowest BCUT2D eigenvalue weighted by Crippen LogP contribution is -2.33. The summed E-state index contributed by atoms with van der Waals surface area (Å²) in [7, 11) is 0. The van der Waals surface area contributed by atoms with Crippen LogP contribution in [0.2, 0.25) is 0 Å². The van der Waals surface area contributed by atoms with Gasteiger partial charge in [-0.1, -0.05) is 48.5 Å². The Hall–Kier alpha value is -2.88. The van der Waals surface area contributed by atoms with Crippen LogP contribution in [0.25, 0.3) is 6.08 Å². The molecular formula is C20H16N2O. The van der Waals surface area contributed by atoms with Gasteiger partial charge in [0.05, 0.1) is 23.1 Å². The summed E-state index contributed by atoms with van der Waals surface area (Å²) in [5, 5.41) is 29.8. The molecule has 112 valence electrons. The summed E-state index contributed by atoms with van der Waals surface area (Å²) in [4.78, 5) is 0. The Bertz CT molecular complexity index is 823. The Morgan fingerprint density at radius 3 is 2.39 bits per heavy atom. The third-order valence-corrected chi connectivity index (χ3v) is 4.44. The maximum absolute atomic E-state index is 11.3. The Kier molecular flexibility index (Phi) is 3.74. The lowest BCUT2D eigenvalue weighted by atomic mass is 9.78. The summed E-state index contributed by atoms with van der Waals surface area (Å²) < 4.78 is 0. The highest BCUT2D eigenvalue weighted by molar-refractivity contribution is 5.55. The van der Waals surface area contributed by atoms with Gasteiger partial charge in [-0.15, -0.1) is 0 Å². The summed E-state index contributed by atoms with van der Waals surface area (Å²) in [6.45, 7) is 0. The third-order valence-electron chi connectivity index (χ3n) is 4.44. The zero-order valence-corrected chi connectivity index (χ0v) is 12.6. The molecule has 0 heterocycles. The molecule has 1 fully saturated rings. The summed E-state index contributed by atoms with van der Waals surface area (Å²) in [6.07, 6.45) is 4.83. The Morgan fingerprint density at radius 1 is 1.04 bits per heavy atom. The molecule has 0 aromatic heterocycles. The van der Waals surface area contributed by atoms with Crippen molar-refractivity contribution in [1.82, 2.24) is 0 Å². The van der Waals surface area contributed by atoms with Gasteiger partial charge in [0.25, 0.3) is 0 Å². The van der Waals surface area contributed by atoms with Gasteiger partial charge in [0.15, 0.2) is 0 Å². The molecule has 0 unspecified atom stereocenters. The Labute approximate surface area is 135 Å². The molecule has 0 aliphatic heterocycles. The number of nitriles is 2. The molecule has 1 saturated carbocycles. The molecule has 1 atom stereocenters. The van der Waals surface area contributed by atoms with E-state index in [1.54, 1.807) is 30.4 Å². The minimum atomic E-state index is -1.33. The van der Waals surface area contributed by atoms with Crippen LogP contribution in [0.1, 0.15) is 29.5 Å². The zero-order chi connectivity index (χ0) is 16.3. The largest absolute Gasteiger partial charge is 0.379 e. The topological polar surface area (TPSA) is 67.8 Å². The molecule has 0 radical (unpaired) electrons. The van der Waals surface area contributed by atoms with Crippen molar-refractivity contribution in [1.29, 1.82) is 10.5 Å². The molecule has 0 saturated heterocycles. The molecular weight excluding hydrogens is 284 g/mol. The zero-order valence-electron chi connectivity index (χ0n) is 12.6. The number of nitrogens with zero attached hydrogens (tertiary/aromatic N) is 2. The van der Waals surface area contributed by atoms with Gasteiger partial charge in [-0.05, 0) is 42.2 Å². The molecule has 2 aromatic rings. The SMILES string of the molecule is N#Cc1cccc(/C=C/[C@](O)(c2ccccc2)C2(C#N)CC2)c1. The quantitative estimate of drug-likeness (QED) is 0.934. The first-order valence-electron chi connectivity index (χ1n) is 7.52. The van der Waals surface area contributed by atoms with E-state index < -0.39 is 11.0 Å². The van der Waals surface area contributed by atoms with Crippen LogP contribution < -0.4 is 0 Å². The fraction of sp³-hybridized carbons (Fsp3) is 0.200. The minimum Gasteiger partial charge on any atom is -0.379 e. The van der Waals surface area contributed by atoms with Crippen LogP contribution in [0.3, 0.4) is 0 Å². The smallest absolute Gasteiger partial charge is 0.127 e. The van der Waals surface area contributed by atoms with E-state index in [0.29, 0.717) is 24.0 Å². The number of aliphatic hydroxyl groups is 1. The first-order valence-corrected chi connectivity index (χ1v) is 7.52. The van der Waals surface area contributed by atoms with Crippen molar-refractivity contribution in [3.8, 4) is 12.1 Å². The van der Waals surface area contributed by atoms with Gasteiger partial charge in [0.1, 0.15) is 5.60 Å². The van der Waals surface area contributed by atoms with Gasteiger partial charge >= 0.3 is 0 Å². The first-order chi connectivity index (χ1) is 11.1. The van der Waals surface area contributed by atoms with E-state index in [1.165, 1.54) is 0 Å². The van der Waals surface area contributed by atoms with Gasteiger partial charge in [0, 0.05) is 0 Å². The number of hydrogen-bond acceptors (Lipinski definition) is 3. The number of benzene rings is 2. The highest BCUT2D eigenvalue weighted by Gasteiger charge is 2.59. The molecule has 0 amide bonds. The summed E-state index contributed by atoms with van der Waals surface area (Å²) in [5.74, 6) is 0. The lowest BCUT2D eigenvalue weighted by Gasteiger charge is -2.30. The van der Waals surface area contributed by atoms with E-state index in [4.69, 9.17) is 5.26 Å². The lowest BCUT2D eigenvalue weighted by molar-refractivity contribution is 0.0360. The highest BCUT2D eigenvalue weighted by atomic mass is 16.3. The van der Waals surface area contributed by atoms with Crippen molar-refractivity contribution in [2.24, 2.45) is 5.41 Å². The van der Waals surface area contributed by atoms with Gasteiger partial charge in [-0.25, -0.2) is 0 Å². The van der Waals surface area contributed by atoms with Crippen LogP contribution in [0.4, 0.5) is 0 Å². The summed E-state index contributed by atoms with van der Waals surface area (Å²) in [5.41, 5.74) is 0.0132. The summed E-state index contributed by atoms with van der Waals surface area (Å²) >= 11 is 0. The molecule has 2 aromatic carbocycles. The van der Waals surface area contributed by atoms with E-state index in [9.17, 15) is 10.4 Å². The molecule has 1 aliphatic carbocycles. The molecule has 23 heavy (non-hydrogen) atoms. The van der Waals surface area contributed by atoms with Crippen LogP contribution in [0, 0.1) is 28.1 Å². The van der Waals surface area contributed by atoms with Gasteiger partial charge in [-0.2, -0.15) is 10.5 Å². The standard InChI is InChI=1S/C20H16N2O/c21-14-17-6-4-5-16(13-17)9-10-20(23,19(15-22)11-12-19)18-7-2-1-3-8-18/h1-10,13,23H,11-12H2/b10-9+/t20-/m0/s1. The molecule has 1 aliphatic rings. The van der Waals surface area contributed by atoms with Crippen molar-refractivity contribution in [2.75, 3.05) is 0 Å². The molecule has 0 bridgehead atoms. The minimum absolute atomic E-state index is 0.566. The van der Waals surface area contributed by atoms with Gasteiger partial charge < -0.3 is 5.11 Å². The molecule has 3 nitrogen and oxygen atoms in total. The van der Waals surface area contributed by atoms with E-state index >= 15 is 0 Å². The molecule has 1 N–H and O–H groups in total. The van der Waals surface area contributed by atoms with Crippen molar-refractivity contribution < 1.29 is 5.11 Å². The maximum atomic E-state index is 11.3. The van der Waals surface area contributed by atoms with Crippen LogP contribution in [-0.4, -0.2) is 5.11 Å². The Morgan fingerprint density at radius 2 is 1.78 bits per heavy atom. The van der Waals surface area contributed by atoms with Crippen LogP contribution in [-0.2, 0) is 5.60 Å². The van der Waals surface area contributed by atoms with E-state index in [1.807, 2.05) is 36.4 Å². The van der Waals surface area contributed by atoms with Crippen LogP contribution in [0.15, 0.2) is 60.7 Å². The molecule has 3 heteroatoms. The van der Waals surface area contributed by atoms with Crippen molar-refractivity contribution in [3.05, 3.63) is 77.4 Å². The predicted octanol–water partition coefficient (Wildman–Crippen LogP) is 3.76. The average molecular weight is 300 g/mol. The highest BCUT2D eigenvalue weighted by Crippen LogP contribution is 2.58. The number of rotatable bonds is 4. The molecule has 3 rings (SSSR count). The van der Waals surface area contributed by atoms with E-state index in [2.05, 4.69) is 12.1 Å². The van der Waals surface area contributed by atoms with Gasteiger partial charge in [-0.3, -0.25) is 0 Å². The normalized spacial score (nSPS) is 17.9. The second kappa shape index (κ2) is 5.72. The van der Waals surface area contributed by atoms with Crippen molar-refractivity contribution in [3.63, 3.8) is 0 Å². The fourth-order valence-electron chi connectivity index (χ4n) is 2.86. The van der Waals surface area contributed by atoms with Crippen LogP contribution >= 0.6 is 0 Å². The fourth-order valence-corrected chi connectivity index (χ4v) is 2.86. The van der Waals surface area contributed by atoms with E-state index in [-0.39, 0.29) is 0 Å². The second-order valence-electron chi connectivity index (χ2n) is 5.90. The molecule has 0 spiro atoms. The van der Waals surface area contributed by atoms with Crippen LogP contribution in [0.5, 0.6) is 0 Å². The first kappa shape index (κ1) is 15.0. The summed E-state index contributed by atoms with van der Waals surface area (Å²) in [6, 6.07) is 20.8. The predicted molar refractivity (Wildman–Crippen MR) is 87.8 cm³/mol. The van der Waals surface area contributed by atoms with Crippen molar-refractivity contribution in [2.45, 2.75) is 18.4 Å². The van der Waals surface area contributed by atoms with Crippen molar-refractivity contribution >= 4 is 6.08 Å². The Balaban J connectivity index is 2.02. The third kappa shape index (κ3) is 2.63. The maximum Gasteiger partial charge on any atom is 0.127 e. The monoisotopic (exact) mass is 300 g/mol.